The Labute approximate surface area is 112 Å². The van der Waals surface area contributed by atoms with Gasteiger partial charge < -0.3 is 5.11 Å². The third-order valence-electron chi connectivity index (χ3n) is 2.22. The molecule has 7 heteroatoms. The number of pyridine rings is 1. The summed E-state index contributed by atoms with van der Waals surface area (Å²) in [6, 6.07) is 0. The lowest BCUT2D eigenvalue weighted by Gasteiger charge is -2.09. The Morgan fingerprint density at radius 3 is 2.88 bits per heavy atom. The van der Waals surface area contributed by atoms with E-state index < -0.39 is 4.92 Å². The fourth-order valence-electron chi connectivity index (χ4n) is 1.10. The minimum absolute atomic E-state index is 0.0106. The van der Waals surface area contributed by atoms with Crippen molar-refractivity contribution in [2.45, 2.75) is 18.9 Å². The molecule has 1 N–H and O–H groups in total. The second kappa shape index (κ2) is 6.32. The molecule has 1 heterocycles. The molecule has 1 aromatic rings. The van der Waals surface area contributed by atoms with Gasteiger partial charge in [0.15, 0.2) is 0 Å². The van der Waals surface area contributed by atoms with Gasteiger partial charge in [0.1, 0.15) is 11.2 Å². The van der Waals surface area contributed by atoms with E-state index in [1.165, 1.54) is 18.0 Å². The number of hydrogen-bond donors (Lipinski definition) is 1. The number of aliphatic hydroxyl groups excluding tert-OH is 1. The van der Waals surface area contributed by atoms with Crippen LogP contribution in [0.3, 0.4) is 0 Å². The van der Waals surface area contributed by atoms with Crippen LogP contribution < -0.4 is 0 Å². The topological polar surface area (TPSA) is 76.3 Å². The van der Waals surface area contributed by atoms with Gasteiger partial charge in [-0.15, -0.1) is 11.8 Å². The molecule has 17 heavy (non-hydrogen) atoms. The Morgan fingerprint density at radius 1 is 1.71 bits per heavy atom. The fourth-order valence-corrected chi connectivity index (χ4v) is 2.71. The van der Waals surface area contributed by atoms with Crippen molar-refractivity contribution < 1.29 is 10.0 Å². The van der Waals surface area contributed by atoms with Crippen LogP contribution in [0.15, 0.2) is 15.7 Å². The normalized spacial score (nSPS) is 12.5. The van der Waals surface area contributed by atoms with Crippen LogP contribution in [0.2, 0.25) is 0 Å². The maximum atomic E-state index is 10.7. The molecular weight excluding hydrogens is 308 g/mol. The molecule has 1 unspecified atom stereocenters. The first-order chi connectivity index (χ1) is 7.97. The summed E-state index contributed by atoms with van der Waals surface area (Å²) in [5.74, 6) is 0.892. The summed E-state index contributed by atoms with van der Waals surface area (Å²) < 4.78 is 0.654. The lowest BCUT2D eigenvalue weighted by Crippen LogP contribution is -2.04. The van der Waals surface area contributed by atoms with Crippen molar-refractivity contribution >= 4 is 33.4 Å². The van der Waals surface area contributed by atoms with Gasteiger partial charge in [0.25, 0.3) is 5.69 Å². The van der Waals surface area contributed by atoms with Crippen LogP contribution in [-0.2, 0) is 0 Å². The van der Waals surface area contributed by atoms with Gasteiger partial charge in [-0.3, -0.25) is 10.1 Å². The summed E-state index contributed by atoms with van der Waals surface area (Å²) in [6.45, 7) is 3.74. The van der Waals surface area contributed by atoms with Crippen molar-refractivity contribution in [2.24, 2.45) is 5.92 Å². The molecule has 0 saturated heterocycles. The zero-order chi connectivity index (χ0) is 13.0. The largest absolute Gasteiger partial charge is 0.396 e. The molecule has 5 nitrogen and oxygen atoms in total. The van der Waals surface area contributed by atoms with Gasteiger partial charge in [0.05, 0.1) is 9.40 Å². The van der Waals surface area contributed by atoms with Crippen molar-refractivity contribution in [2.75, 3.05) is 12.4 Å². The number of thioether (sulfide) groups is 1. The van der Waals surface area contributed by atoms with E-state index in [4.69, 9.17) is 5.11 Å². The summed E-state index contributed by atoms with van der Waals surface area (Å²) in [4.78, 5) is 14.3. The van der Waals surface area contributed by atoms with Crippen LogP contribution in [0.1, 0.15) is 12.5 Å². The van der Waals surface area contributed by atoms with E-state index in [0.29, 0.717) is 15.1 Å². The number of aromatic nitrogens is 1. The molecule has 0 fully saturated rings. The molecular formula is C10H13BrN2O3S. The van der Waals surface area contributed by atoms with E-state index in [1.54, 1.807) is 6.92 Å². The van der Waals surface area contributed by atoms with Crippen LogP contribution in [-0.4, -0.2) is 27.4 Å². The minimum atomic E-state index is -0.447. The van der Waals surface area contributed by atoms with E-state index >= 15 is 0 Å². The van der Waals surface area contributed by atoms with Crippen molar-refractivity contribution in [3.05, 3.63) is 26.3 Å². The second-order valence-corrected chi connectivity index (χ2v) is 5.55. The monoisotopic (exact) mass is 320 g/mol. The van der Waals surface area contributed by atoms with E-state index in [0.717, 1.165) is 5.75 Å². The summed E-state index contributed by atoms with van der Waals surface area (Å²) >= 11 is 4.79. The van der Waals surface area contributed by atoms with E-state index in [-0.39, 0.29) is 18.2 Å². The van der Waals surface area contributed by atoms with Crippen LogP contribution >= 0.6 is 27.7 Å². The van der Waals surface area contributed by atoms with E-state index in [9.17, 15) is 10.1 Å². The standard InChI is InChI=1S/C10H13BrN2O3S/c1-6(4-14)5-17-10-9(11)7(2)8(3-12-10)13(15)16/h3,6,14H,4-5H2,1-2H3. The number of halogens is 1. The first-order valence-electron chi connectivity index (χ1n) is 5.00. The fraction of sp³-hybridized carbons (Fsp3) is 0.500. The highest BCUT2D eigenvalue weighted by molar-refractivity contribution is 9.10. The lowest BCUT2D eigenvalue weighted by molar-refractivity contribution is -0.385. The Hall–Kier alpha value is -0.660. The van der Waals surface area contributed by atoms with Gasteiger partial charge in [-0.25, -0.2) is 4.98 Å². The predicted octanol–water partition coefficient (Wildman–Crippen LogP) is 2.78. The number of nitro groups is 1. The third kappa shape index (κ3) is 3.65. The SMILES string of the molecule is Cc1c([N+](=O)[O-])cnc(SCC(C)CO)c1Br. The molecule has 94 valence electrons. The number of rotatable bonds is 5. The van der Waals surface area contributed by atoms with Gasteiger partial charge >= 0.3 is 0 Å². The highest BCUT2D eigenvalue weighted by Gasteiger charge is 2.17. The van der Waals surface area contributed by atoms with Gasteiger partial charge in [-0.05, 0) is 28.8 Å². The van der Waals surface area contributed by atoms with Gasteiger partial charge in [0.2, 0.25) is 0 Å². The minimum Gasteiger partial charge on any atom is -0.396 e. The van der Waals surface area contributed by atoms with Crippen molar-refractivity contribution in [1.82, 2.24) is 4.98 Å². The van der Waals surface area contributed by atoms with E-state index in [2.05, 4.69) is 20.9 Å². The molecule has 0 saturated carbocycles. The molecule has 1 atom stereocenters. The zero-order valence-corrected chi connectivity index (χ0v) is 11.9. The molecule has 0 aliphatic heterocycles. The molecule has 0 spiro atoms. The Balaban J connectivity index is 2.89. The highest BCUT2D eigenvalue weighted by atomic mass is 79.9. The van der Waals surface area contributed by atoms with Crippen molar-refractivity contribution in [1.29, 1.82) is 0 Å². The van der Waals surface area contributed by atoms with Crippen LogP contribution in [0.4, 0.5) is 5.69 Å². The molecule has 0 aromatic carbocycles. The van der Waals surface area contributed by atoms with Crippen LogP contribution in [0.25, 0.3) is 0 Å². The summed E-state index contributed by atoms with van der Waals surface area (Å²) in [5, 5.41) is 20.3. The molecule has 0 aliphatic carbocycles. The van der Waals surface area contributed by atoms with Gasteiger partial charge in [-0.1, -0.05) is 6.92 Å². The lowest BCUT2D eigenvalue weighted by atomic mass is 10.2. The summed E-state index contributed by atoms with van der Waals surface area (Å²) in [7, 11) is 0. The Bertz CT molecular complexity index is 428. The van der Waals surface area contributed by atoms with Gasteiger partial charge in [-0.2, -0.15) is 0 Å². The quantitative estimate of drug-likeness (QED) is 0.513. The van der Waals surface area contributed by atoms with Crippen LogP contribution in [0.5, 0.6) is 0 Å². The summed E-state index contributed by atoms with van der Waals surface area (Å²) in [5.41, 5.74) is 0.584. The first-order valence-corrected chi connectivity index (χ1v) is 6.78. The first kappa shape index (κ1) is 14.4. The number of hydrogen-bond acceptors (Lipinski definition) is 5. The maximum Gasteiger partial charge on any atom is 0.291 e. The van der Waals surface area contributed by atoms with E-state index in [1.807, 2.05) is 6.92 Å². The van der Waals surface area contributed by atoms with Crippen molar-refractivity contribution in [3.8, 4) is 0 Å². The second-order valence-electron chi connectivity index (χ2n) is 3.74. The average molecular weight is 321 g/mol. The van der Waals surface area contributed by atoms with Crippen LogP contribution in [0, 0.1) is 23.0 Å². The van der Waals surface area contributed by atoms with Crippen molar-refractivity contribution in [3.63, 3.8) is 0 Å². The summed E-state index contributed by atoms with van der Waals surface area (Å²) in [6.07, 6.45) is 1.27. The zero-order valence-electron chi connectivity index (χ0n) is 9.51. The third-order valence-corrected chi connectivity index (χ3v) is 4.77. The maximum absolute atomic E-state index is 10.7. The number of nitrogens with zero attached hydrogens (tertiary/aromatic N) is 2. The molecule has 0 amide bonds. The molecule has 0 bridgehead atoms. The molecule has 1 aromatic heterocycles. The predicted molar refractivity (Wildman–Crippen MR) is 70.3 cm³/mol. The van der Waals surface area contributed by atoms with Gasteiger partial charge in [0, 0.05) is 17.9 Å². The molecule has 1 rings (SSSR count). The average Bonchev–Trinajstić information content (AvgIpc) is 2.30. The molecule has 0 aliphatic rings. The highest BCUT2D eigenvalue weighted by Crippen LogP contribution is 2.33. The number of aliphatic hydroxyl groups is 1. The Kier molecular flexibility index (Phi) is 5.35. The smallest absolute Gasteiger partial charge is 0.291 e. The molecule has 0 radical (unpaired) electrons. The Morgan fingerprint density at radius 2 is 2.35 bits per heavy atom.